The Balaban J connectivity index is 2.42. The summed E-state index contributed by atoms with van der Waals surface area (Å²) in [4.78, 5) is 12.1. The predicted octanol–water partition coefficient (Wildman–Crippen LogP) is 1.78. The molecule has 2 aromatic rings. The zero-order valence-electron chi connectivity index (χ0n) is 9.47. The zero-order chi connectivity index (χ0) is 13.1. The van der Waals surface area contributed by atoms with Gasteiger partial charge in [-0.25, -0.2) is 15.0 Å². The summed E-state index contributed by atoms with van der Waals surface area (Å²) >= 11 is 5.90. The van der Waals surface area contributed by atoms with Gasteiger partial charge in [0.15, 0.2) is 0 Å². The van der Waals surface area contributed by atoms with Gasteiger partial charge in [0.25, 0.3) is 0 Å². The van der Waals surface area contributed by atoms with E-state index in [-0.39, 0.29) is 16.9 Å². The fraction of sp³-hybridized carbons (Fsp3) is 0.0833. The molecule has 0 aliphatic heterocycles. The molecule has 0 fully saturated rings. The van der Waals surface area contributed by atoms with Crippen molar-refractivity contribution in [1.29, 1.82) is 5.41 Å². The molecule has 3 N–H and O–H groups in total. The van der Waals surface area contributed by atoms with Gasteiger partial charge in [-0.2, -0.15) is 0 Å². The second-order valence-corrected chi connectivity index (χ2v) is 4.09. The minimum absolute atomic E-state index is 0.0598. The number of hydrogen-bond donors (Lipinski definition) is 2. The summed E-state index contributed by atoms with van der Waals surface area (Å²) in [7, 11) is 0. The first kappa shape index (κ1) is 12.4. The van der Waals surface area contributed by atoms with Crippen molar-refractivity contribution in [3.05, 3.63) is 59.8 Å². The van der Waals surface area contributed by atoms with Gasteiger partial charge in [-0.3, -0.25) is 5.41 Å². The second-order valence-electron chi connectivity index (χ2n) is 3.70. The number of nitrogens with one attached hydrogen (secondary N) is 1. The van der Waals surface area contributed by atoms with E-state index in [1.807, 2.05) is 0 Å². The summed E-state index contributed by atoms with van der Waals surface area (Å²) in [6, 6.07) is 4.99. The number of rotatable bonds is 3. The average molecular weight is 261 g/mol. The molecule has 2 aromatic heterocycles. The Hall–Kier alpha value is -2.01. The van der Waals surface area contributed by atoms with Crippen LogP contribution in [0.5, 0.6) is 0 Å². The maximum atomic E-state index is 7.42. The van der Waals surface area contributed by atoms with Crippen molar-refractivity contribution in [1.82, 2.24) is 15.0 Å². The lowest BCUT2D eigenvalue weighted by Gasteiger charge is -2.11. The minimum atomic E-state index is -0.287. The zero-order valence-corrected chi connectivity index (χ0v) is 10.2. The molecule has 1 radical (unpaired) electrons. The molecule has 0 spiro atoms. The molecule has 1 atom stereocenters. The molecule has 0 aromatic carbocycles. The Morgan fingerprint density at radius 3 is 2.78 bits per heavy atom. The van der Waals surface area contributed by atoms with Gasteiger partial charge in [-0.15, -0.1) is 0 Å². The van der Waals surface area contributed by atoms with Crippen molar-refractivity contribution in [2.75, 3.05) is 0 Å². The second kappa shape index (κ2) is 5.10. The van der Waals surface area contributed by atoms with E-state index in [0.717, 1.165) is 5.69 Å². The molecule has 1 unspecified atom stereocenters. The van der Waals surface area contributed by atoms with E-state index in [1.54, 1.807) is 24.4 Å². The maximum absolute atomic E-state index is 7.42. The molecule has 18 heavy (non-hydrogen) atoms. The Bertz CT molecular complexity index is 570. The molecular formula is C12H11ClN5. The van der Waals surface area contributed by atoms with Crippen LogP contribution in [0.25, 0.3) is 0 Å². The van der Waals surface area contributed by atoms with Crippen LogP contribution in [-0.4, -0.2) is 20.8 Å². The monoisotopic (exact) mass is 260 g/mol. The smallest absolute Gasteiger partial charge is 0.130 e. The molecule has 0 aliphatic carbocycles. The SMILES string of the molecule is [CH2]C(c1ccncn1)c1cc(C(=N)N)cc(Cl)n1. The summed E-state index contributed by atoms with van der Waals surface area (Å²) in [6.07, 6.45) is 3.08. The van der Waals surface area contributed by atoms with E-state index in [0.29, 0.717) is 11.3 Å². The number of nitrogen functional groups attached to an aromatic ring is 1. The van der Waals surface area contributed by atoms with Gasteiger partial charge in [0, 0.05) is 17.7 Å². The van der Waals surface area contributed by atoms with Crippen molar-refractivity contribution >= 4 is 17.4 Å². The summed E-state index contributed by atoms with van der Waals surface area (Å²) in [5.41, 5.74) is 7.31. The lowest BCUT2D eigenvalue weighted by Crippen LogP contribution is -2.13. The molecule has 2 rings (SSSR count). The van der Waals surface area contributed by atoms with Crippen LogP contribution in [0.2, 0.25) is 5.15 Å². The number of halogens is 1. The van der Waals surface area contributed by atoms with Crippen molar-refractivity contribution in [2.45, 2.75) is 5.92 Å². The van der Waals surface area contributed by atoms with Crippen LogP contribution in [0.1, 0.15) is 22.9 Å². The van der Waals surface area contributed by atoms with Gasteiger partial charge in [0.05, 0.1) is 11.4 Å². The normalized spacial score (nSPS) is 12.1. The van der Waals surface area contributed by atoms with Crippen molar-refractivity contribution < 1.29 is 0 Å². The van der Waals surface area contributed by atoms with E-state index in [1.165, 1.54) is 6.33 Å². The van der Waals surface area contributed by atoms with Gasteiger partial charge in [0.1, 0.15) is 17.3 Å². The predicted molar refractivity (Wildman–Crippen MR) is 69.5 cm³/mol. The molecule has 0 saturated carbocycles. The molecule has 5 nitrogen and oxygen atoms in total. The highest BCUT2D eigenvalue weighted by molar-refractivity contribution is 6.29. The maximum Gasteiger partial charge on any atom is 0.130 e. The third kappa shape index (κ3) is 2.62. The fourth-order valence-electron chi connectivity index (χ4n) is 1.51. The molecule has 0 amide bonds. The Labute approximate surface area is 110 Å². The van der Waals surface area contributed by atoms with Crippen LogP contribution in [-0.2, 0) is 0 Å². The summed E-state index contributed by atoms with van der Waals surface area (Å²) < 4.78 is 0. The summed E-state index contributed by atoms with van der Waals surface area (Å²) in [5.74, 6) is -0.347. The molecule has 0 aliphatic rings. The molecule has 2 heterocycles. The number of nitrogens with two attached hydrogens (primary N) is 1. The van der Waals surface area contributed by atoms with Gasteiger partial charge in [-0.1, -0.05) is 11.6 Å². The van der Waals surface area contributed by atoms with Gasteiger partial charge >= 0.3 is 0 Å². The highest BCUT2D eigenvalue weighted by Crippen LogP contribution is 2.22. The van der Waals surface area contributed by atoms with E-state index in [2.05, 4.69) is 21.9 Å². The van der Waals surface area contributed by atoms with Crippen molar-refractivity contribution in [2.24, 2.45) is 5.73 Å². The van der Waals surface area contributed by atoms with Crippen LogP contribution in [0.3, 0.4) is 0 Å². The quantitative estimate of drug-likeness (QED) is 0.500. The van der Waals surface area contributed by atoms with E-state index < -0.39 is 0 Å². The highest BCUT2D eigenvalue weighted by Gasteiger charge is 2.13. The number of amidine groups is 1. The number of hydrogen-bond acceptors (Lipinski definition) is 4. The Kier molecular flexibility index (Phi) is 3.53. The van der Waals surface area contributed by atoms with E-state index >= 15 is 0 Å². The van der Waals surface area contributed by atoms with Crippen molar-refractivity contribution in [3.8, 4) is 0 Å². The van der Waals surface area contributed by atoms with Crippen molar-refractivity contribution in [3.63, 3.8) is 0 Å². The van der Waals surface area contributed by atoms with Gasteiger partial charge in [-0.05, 0) is 25.1 Å². The third-order valence-electron chi connectivity index (χ3n) is 2.44. The van der Waals surface area contributed by atoms with Crippen LogP contribution in [0, 0.1) is 12.3 Å². The number of nitrogens with zero attached hydrogens (tertiary/aromatic N) is 3. The Morgan fingerprint density at radius 2 is 2.17 bits per heavy atom. The first-order valence-corrected chi connectivity index (χ1v) is 5.56. The van der Waals surface area contributed by atoms with Crippen LogP contribution in [0.4, 0.5) is 0 Å². The third-order valence-corrected chi connectivity index (χ3v) is 2.64. The topological polar surface area (TPSA) is 88.5 Å². The summed E-state index contributed by atoms with van der Waals surface area (Å²) in [5, 5.41) is 7.70. The van der Waals surface area contributed by atoms with Crippen LogP contribution in [0.15, 0.2) is 30.7 Å². The van der Waals surface area contributed by atoms with Gasteiger partial charge < -0.3 is 5.73 Å². The average Bonchev–Trinajstić information content (AvgIpc) is 2.38. The fourth-order valence-corrected chi connectivity index (χ4v) is 1.72. The first-order valence-electron chi connectivity index (χ1n) is 5.19. The molecule has 6 heteroatoms. The molecule has 0 bridgehead atoms. The number of aromatic nitrogens is 3. The van der Waals surface area contributed by atoms with E-state index in [9.17, 15) is 0 Å². The van der Waals surface area contributed by atoms with E-state index in [4.69, 9.17) is 22.7 Å². The Morgan fingerprint density at radius 1 is 1.39 bits per heavy atom. The van der Waals surface area contributed by atoms with Crippen LogP contribution < -0.4 is 5.73 Å². The largest absolute Gasteiger partial charge is 0.384 e. The number of pyridine rings is 1. The standard InChI is InChI=1S/C12H11ClN5/c1-7(9-2-3-16-6-17-9)10-4-8(12(14)15)5-11(13)18-10/h2-7H,1H2,(H3,14,15). The van der Waals surface area contributed by atoms with Crippen LogP contribution >= 0.6 is 11.6 Å². The first-order chi connectivity index (χ1) is 8.58. The lowest BCUT2D eigenvalue weighted by molar-refractivity contribution is 0.889. The lowest BCUT2D eigenvalue weighted by atomic mass is 10.0. The minimum Gasteiger partial charge on any atom is -0.384 e. The highest BCUT2D eigenvalue weighted by atomic mass is 35.5. The van der Waals surface area contributed by atoms with Gasteiger partial charge in [0.2, 0.25) is 0 Å². The molecule has 0 saturated heterocycles. The molecule has 91 valence electrons. The summed E-state index contributed by atoms with van der Waals surface area (Å²) in [6.45, 7) is 4.00. The molecular weight excluding hydrogens is 250 g/mol.